The quantitative estimate of drug-likeness (QED) is 0.314. The van der Waals surface area contributed by atoms with Crippen LogP contribution in [0.5, 0.6) is 5.75 Å². The molecule has 0 N–H and O–H groups in total. The molecule has 6 heteroatoms. The first-order valence-electron chi connectivity index (χ1n) is 12.4. The Kier molecular flexibility index (Phi) is 7.74. The molecule has 0 bridgehead atoms. The highest BCUT2D eigenvalue weighted by Crippen LogP contribution is 2.29. The van der Waals surface area contributed by atoms with E-state index in [4.69, 9.17) is 9.72 Å². The van der Waals surface area contributed by atoms with Gasteiger partial charge in [-0.05, 0) is 23.3 Å². The van der Waals surface area contributed by atoms with Gasteiger partial charge in [0.2, 0.25) is 5.91 Å². The Morgan fingerprint density at radius 3 is 2.22 bits per heavy atom. The van der Waals surface area contributed by atoms with Crippen molar-refractivity contribution in [2.45, 2.75) is 18.9 Å². The van der Waals surface area contributed by atoms with Crippen LogP contribution < -0.4 is 4.74 Å². The van der Waals surface area contributed by atoms with E-state index in [9.17, 15) is 4.79 Å². The minimum absolute atomic E-state index is 0.0725. The van der Waals surface area contributed by atoms with Crippen LogP contribution in [0.1, 0.15) is 28.5 Å². The number of benzene rings is 3. The Balaban J connectivity index is 1.18. The molecule has 0 saturated carbocycles. The van der Waals surface area contributed by atoms with Gasteiger partial charge in [0.15, 0.2) is 0 Å². The molecule has 3 aromatic carbocycles. The molecule has 184 valence electrons. The molecule has 1 fully saturated rings. The molecule has 1 aliphatic rings. The molecule has 1 aromatic heterocycles. The van der Waals surface area contributed by atoms with Crippen LogP contribution in [0, 0.1) is 0 Å². The van der Waals surface area contributed by atoms with Gasteiger partial charge in [0.05, 0.1) is 19.3 Å². The monoisotopic (exact) mass is 497 g/mol. The fraction of sp³-hybridized carbons (Fsp3) is 0.267. The van der Waals surface area contributed by atoms with Crippen LogP contribution in [0.4, 0.5) is 0 Å². The summed E-state index contributed by atoms with van der Waals surface area (Å²) < 4.78 is 5.34. The summed E-state index contributed by atoms with van der Waals surface area (Å²) in [5.41, 5.74) is 4.42. The summed E-state index contributed by atoms with van der Waals surface area (Å²) in [6, 6.07) is 28.7. The standard InChI is InChI=1S/C30H31N3O2S/c1-35-26-14-8-13-25(19-26)28-22-36-29(31-28)21-32-15-17-33(18-16-32)30(34)20-27(23-9-4-2-5-10-23)24-11-6-3-7-12-24/h2-14,19,22,27H,15-18,20-21H2,1H3. The molecule has 0 atom stereocenters. The zero-order chi connectivity index (χ0) is 24.7. The summed E-state index contributed by atoms with van der Waals surface area (Å²) in [4.78, 5) is 22.6. The number of ether oxygens (including phenoxy) is 1. The van der Waals surface area contributed by atoms with Crippen LogP contribution in [-0.4, -0.2) is 54.0 Å². The summed E-state index contributed by atoms with van der Waals surface area (Å²) in [7, 11) is 1.68. The second kappa shape index (κ2) is 11.5. The Bertz CT molecular complexity index is 1230. The number of methoxy groups -OCH3 is 1. The van der Waals surface area contributed by atoms with Gasteiger partial charge in [-0.3, -0.25) is 9.69 Å². The van der Waals surface area contributed by atoms with Crippen LogP contribution in [0.15, 0.2) is 90.3 Å². The summed E-state index contributed by atoms with van der Waals surface area (Å²) in [5.74, 6) is 1.13. The Labute approximate surface area is 217 Å². The van der Waals surface area contributed by atoms with Gasteiger partial charge >= 0.3 is 0 Å². The fourth-order valence-corrected chi connectivity index (χ4v) is 5.59. The van der Waals surface area contributed by atoms with Crippen LogP contribution in [0.3, 0.4) is 0 Å². The first-order chi connectivity index (χ1) is 17.7. The average molecular weight is 498 g/mol. The first kappa shape index (κ1) is 24.2. The minimum atomic E-state index is 0.0725. The molecule has 1 saturated heterocycles. The predicted octanol–water partition coefficient (Wildman–Crippen LogP) is 5.69. The molecule has 0 radical (unpaired) electrons. The molecular weight excluding hydrogens is 466 g/mol. The number of hydrogen-bond donors (Lipinski definition) is 0. The van der Waals surface area contributed by atoms with E-state index in [0.29, 0.717) is 6.42 Å². The Morgan fingerprint density at radius 2 is 1.58 bits per heavy atom. The lowest BCUT2D eigenvalue weighted by molar-refractivity contribution is -0.133. The lowest BCUT2D eigenvalue weighted by Gasteiger charge is -2.35. The van der Waals surface area contributed by atoms with Gasteiger partial charge in [-0.25, -0.2) is 4.98 Å². The van der Waals surface area contributed by atoms with Crippen LogP contribution in [0.2, 0.25) is 0 Å². The summed E-state index contributed by atoms with van der Waals surface area (Å²) in [5, 5.41) is 3.21. The Hall–Kier alpha value is -3.48. The molecule has 36 heavy (non-hydrogen) atoms. The van der Waals surface area contributed by atoms with E-state index >= 15 is 0 Å². The fourth-order valence-electron chi connectivity index (χ4n) is 4.75. The van der Waals surface area contributed by atoms with Crippen molar-refractivity contribution in [1.82, 2.24) is 14.8 Å². The molecule has 2 heterocycles. The summed E-state index contributed by atoms with van der Waals surface area (Å²) in [6.45, 7) is 4.04. The van der Waals surface area contributed by atoms with Gasteiger partial charge in [0.25, 0.3) is 0 Å². The maximum atomic E-state index is 13.3. The first-order valence-corrected chi connectivity index (χ1v) is 13.3. The third-order valence-electron chi connectivity index (χ3n) is 6.78. The van der Waals surface area contributed by atoms with E-state index in [0.717, 1.165) is 54.7 Å². The molecule has 0 aliphatic carbocycles. The highest BCUT2D eigenvalue weighted by Gasteiger charge is 2.25. The van der Waals surface area contributed by atoms with Gasteiger partial charge < -0.3 is 9.64 Å². The number of carbonyl (C=O) groups is 1. The molecule has 0 spiro atoms. The van der Waals surface area contributed by atoms with Crippen molar-refractivity contribution in [3.05, 3.63) is 106 Å². The number of rotatable bonds is 8. The van der Waals surface area contributed by atoms with Crippen molar-refractivity contribution in [1.29, 1.82) is 0 Å². The zero-order valence-electron chi connectivity index (χ0n) is 20.5. The largest absolute Gasteiger partial charge is 0.497 e. The highest BCUT2D eigenvalue weighted by atomic mass is 32.1. The number of hydrogen-bond acceptors (Lipinski definition) is 5. The number of thiazole rings is 1. The molecule has 5 rings (SSSR count). The average Bonchev–Trinajstić information content (AvgIpc) is 3.41. The smallest absolute Gasteiger partial charge is 0.223 e. The van der Waals surface area contributed by atoms with Crippen molar-refractivity contribution in [2.75, 3.05) is 33.3 Å². The molecule has 4 aromatic rings. The number of aromatic nitrogens is 1. The number of piperazine rings is 1. The van der Waals surface area contributed by atoms with Gasteiger partial charge in [-0.2, -0.15) is 0 Å². The molecule has 5 nitrogen and oxygen atoms in total. The van der Waals surface area contributed by atoms with Crippen molar-refractivity contribution in [3.8, 4) is 17.0 Å². The lowest BCUT2D eigenvalue weighted by Crippen LogP contribution is -2.48. The lowest BCUT2D eigenvalue weighted by atomic mass is 9.88. The summed E-state index contributed by atoms with van der Waals surface area (Å²) in [6.07, 6.45) is 0.490. The SMILES string of the molecule is COc1cccc(-c2csc(CN3CCN(C(=O)CC(c4ccccc4)c4ccccc4)CC3)n2)c1. The van der Waals surface area contributed by atoms with E-state index in [1.54, 1.807) is 18.4 Å². The van der Waals surface area contributed by atoms with Gasteiger partial charge in [0.1, 0.15) is 10.8 Å². The van der Waals surface area contributed by atoms with Crippen molar-refractivity contribution in [2.24, 2.45) is 0 Å². The van der Waals surface area contributed by atoms with E-state index in [2.05, 4.69) is 40.6 Å². The van der Waals surface area contributed by atoms with Crippen molar-refractivity contribution in [3.63, 3.8) is 0 Å². The van der Waals surface area contributed by atoms with Crippen LogP contribution in [0.25, 0.3) is 11.3 Å². The van der Waals surface area contributed by atoms with Crippen LogP contribution in [-0.2, 0) is 11.3 Å². The number of carbonyl (C=O) groups excluding carboxylic acids is 1. The third-order valence-corrected chi connectivity index (χ3v) is 7.62. The molecule has 0 unspecified atom stereocenters. The van der Waals surface area contributed by atoms with Crippen molar-refractivity contribution < 1.29 is 9.53 Å². The second-order valence-corrected chi connectivity index (χ2v) is 10.0. The molecular formula is C30H31N3O2S. The van der Waals surface area contributed by atoms with E-state index in [1.165, 1.54) is 11.1 Å². The summed E-state index contributed by atoms with van der Waals surface area (Å²) >= 11 is 1.69. The maximum Gasteiger partial charge on any atom is 0.223 e. The van der Waals surface area contributed by atoms with Crippen LogP contribution >= 0.6 is 11.3 Å². The van der Waals surface area contributed by atoms with E-state index < -0.39 is 0 Å². The number of nitrogens with zero attached hydrogens (tertiary/aromatic N) is 3. The van der Waals surface area contributed by atoms with Gasteiger partial charge in [-0.1, -0.05) is 72.8 Å². The van der Waals surface area contributed by atoms with Crippen molar-refractivity contribution >= 4 is 17.2 Å². The number of amides is 1. The predicted molar refractivity (Wildman–Crippen MR) is 145 cm³/mol. The van der Waals surface area contributed by atoms with E-state index in [1.807, 2.05) is 59.5 Å². The third kappa shape index (κ3) is 5.83. The maximum absolute atomic E-state index is 13.3. The van der Waals surface area contributed by atoms with E-state index in [-0.39, 0.29) is 11.8 Å². The molecule has 1 amide bonds. The minimum Gasteiger partial charge on any atom is -0.497 e. The highest BCUT2D eigenvalue weighted by molar-refractivity contribution is 7.09. The second-order valence-electron chi connectivity index (χ2n) is 9.09. The van der Waals surface area contributed by atoms with Gasteiger partial charge in [-0.15, -0.1) is 11.3 Å². The molecule has 1 aliphatic heterocycles. The zero-order valence-corrected chi connectivity index (χ0v) is 21.4. The normalized spacial score (nSPS) is 14.2. The Morgan fingerprint density at radius 1 is 0.917 bits per heavy atom. The topological polar surface area (TPSA) is 45.7 Å². The van der Waals surface area contributed by atoms with Gasteiger partial charge in [0, 0.05) is 49.5 Å².